The van der Waals surface area contributed by atoms with E-state index in [0.29, 0.717) is 30.5 Å². The summed E-state index contributed by atoms with van der Waals surface area (Å²) < 4.78 is 6.26. The highest BCUT2D eigenvalue weighted by Gasteiger charge is 2.57. The molecule has 2 saturated heterocycles. The Kier molecular flexibility index (Phi) is 9.46. The normalized spacial score (nSPS) is 22.3. The largest absolute Gasteiger partial charge is 0.507 e. The van der Waals surface area contributed by atoms with E-state index in [2.05, 4.69) is 17.2 Å². The molecule has 7 rings (SSSR count). The predicted octanol–water partition coefficient (Wildman–Crippen LogP) is 7.65. The van der Waals surface area contributed by atoms with Crippen LogP contribution in [-0.4, -0.2) is 40.2 Å². The molecule has 2 aliphatic heterocycles. The van der Waals surface area contributed by atoms with Crippen LogP contribution in [0.4, 0.5) is 17.1 Å². The molecule has 3 aromatic carbocycles. The maximum absolute atomic E-state index is 14.2. The van der Waals surface area contributed by atoms with Crippen molar-refractivity contribution in [2.45, 2.75) is 51.5 Å². The molecular weight excluding hydrogens is 613 g/mol. The van der Waals surface area contributed by atoms with E-state index in [1.165, 1.54) is 10.5 Å². The number of para-hydroxylation sites is 2. The van der Waals surface area contributed by atoms with Gasteiger partial charge in [-0.15, -0.1) is 0 Å². The minimum atomic E-state index is -1.05. The number of hydrogen-bond acceptors (Lipinski definition) is 7. The predicted molar refractivity (Wildman–Crippen MR) is 193 cm³/mol. The van der Waals surface area contributed by atoms with E-state index in [1.807, 2.05) is 91.0 Å². The average molecular weight is 654 g/mol. The third-order valence-corrected chi connectivity index (χ3v) is 9.98. The lowest BCUT2D eigenvalue weighted by Gasteiger charge is -2.43. The van der Waals surface area contributed by atoms with Crippen LogP contribution in [0, 0.1) is 17.8 Å². The van der Waals surface area contributed by atoms with Crippen LogP contribution >= 0.6 is 0 Å². The Morgan fingerprint density at radius 1 is 0.939 bits per heavy atom. The molecule has 3 aliphatic rings. The van der Waals surface area contributed by atoms with E-state index in [0.717, 1.165) is 41.1 Å². The number of pyridine rings is 1. The van der Waals surface area contributed by atoms with Crippen molar-refractivity contribution in [3.8, 4) is 5.75 Å². The average Bonchev–Trinajstić information content (AvgIpc) is 3.37. The molecule has 1 aromatic heterocycles. The summed E-state index contributed by atoms with van der Waals surface area (Å²) in [7, 11) is -1.05. The summed E-state index contributed by atoms with van der Waals surface area (Å²) in [5.74, 6) is -1.53. The van der Waals surface area contributed by atoms with Gasteiger partial charge in [-0.05, 0) is 110 Å². The monoisotopic (exact) mass is 653 g/mol. The molecule has 4 aromatic rings. The lowest BCUT2D eigenvalue weighted by molar-refractivity contribution is -0.122. The SMILES string of the molecule is CCCC1=C2[C@@H](CC/C(=C/c3ccccc3O)c3ccccn3)OB(O)C[C@@H]2[C@@H]2C(=O)N(c3ccc(Nc4ccccc4)cc3)C(=O)[C@@H]2C1. The number of phenols is 1. The molecule has 0 spiro atoms. The Balaban J connectivity index is 1.16. The van der Waals surface area contributed by atoms with E-state index in [4.69, 9.17) is 4.65 Å². The zero-order valence-electron chi connectivity index (χ0n) is 27.5. The summed E-state index contributed by atoms with van der Waals surface area (Å²) in [4.78, 5) is 34.2. The first-order valence-corrected chi connectivity index (χ1v) is 17.2. The highest BCUT2D eigenvalue weighted by atomic mass is 16.5. The zero-order valence-corrected chi connectivity index (χ0v) is 27.5. The van der Waals surface area contributed by atoms with E-state index in [-0.39, 0.29) is 29.8 Å². The molecule has 2 fully saturated rings. The van der Waals surface area contributed by atoms with Gasteiger partial charge in [0.15, 0.2) is 0 Å². The Hall–Kier alpha value is -4.99. The molecule has 3 heterocycles. The van der Waals surface area contributed by atoms with Crippen LogP contribution in [0.25, 0.3) is 11.6 Å². The number of imide groups is 1. The minimum Gasteiger partial charge on any atom is -0.507 e. The molecular formula is C40H40BN3O5. The Morgan fingerprint density at radius 2 is 1.67 bits per heavy atom. The summed E-state index contributed by atoms with van der Waals surface area (Å²) in [5, 5.41) is 24.9. The second-order valence-electron chi connectivity index (χ2n) is 13.1. The number of benzene rings is 3. The lowest BCUT2D eigenvalue weighted by atomic mass is 9.58. The summed E-state index contributed by atoms with van der Waals surface area (Å²) in [6.07, 6.45) is 6.86. The minimum absolute atomic E-state index is 0.174. The lowest BCUT2D eigenvalue weighted by Crippen LogP contribution is -2.46. The van der Waals surface area contributed by atoms with E-state index in [1.54, 1.807) is 18.3 Å². The summed E-state index contributed by atoms with van der Waals surface area (Å²) >= 11 is 0. The van der Waals surface area contributed by atoms with Gasteiger partial charge in [0.1, 0.15) is 5.75 Å². The summed E-state index contributed by atoms with van der Waals surface area (Å²) in [5.41, 5.74) is 7.01. The van der Waals surface area contributed by atoms with Gasteiger partial charge in [0.2, 0.25) is 11.8 Å². The van der Waals surface area contributed by atoms with Gasteiger partial charge in [-0.25, -0.2) is 0 Å². The van der Waals surface area contributed by atoms with E-state index < -0.39 is 25.1 Å². The first-order chi connectivity index (χ1) is 23.9. The topological polar surface area (TPSA) is 112 Å². The van der Waals surface area contributed by atoms with Gasteiger partial charge < -0.3 is 20.1 Å². The molecule has 49 heavy (non-hydrogen) atoms. The number of rotatable bonds is 10. The van der Waals surface area contributed by atoms with Crippen LogP contribution in [0.1, 0.15) is 50.3 Å². The number of carbonyl (C=O) groups excluding carboxylic acids is 2. The van der Waals surface area contributed by atoms with Crippen molar-refractivity contribution in [2.75, 3.05) is 10.2 Å². The van der Waals surface area contributed by atoms with Crippen LogP contribution in [0.3, 0.4) is 0 Å². The van der Waals surface area contributed by atoms with Gasteiger partial charge in [-0.3, -0.25) is 19.5 Å². The smallest absolute Gasteiger partial charge is 0.455 e. The maximum Gasteiger partial charge on any atom is 0.455 e. The van der Waals surface area contributed by atoms with Gasteiger partial charge in [0.05, 0.1) is 29.3 Å². The number of fused-ring (bicyclic) bond motifs is 3. The van der Waals surface area contributed by atoms with Crippen molar-refractivity contribution in [3.05, 3.63) is 126 Å². The van der Waals surface area contributed by atoms with Crippen molar-refractivity contribution in [1.29, 1.82) is 0 Å². The van der Waals surface area contributed by atoms with Crippen LogP contribution in [0.2, 0.25) is 6.32 Å². The number of anilines is 3. The molecule has 248 valence electrons. The first kappa shape index (κ1) is 32.6. The maximum atomic E-state index is 14.2. The fourth-order valence-corrected chi connectivity index (χ4v) is 7.85. The second kappa shape index (κ2) is 14.2. The van der Waals surface area contributed by atoms with Gasteiger partial charge >= 0.3 is 7.12 Å². The summed E-state index contributed by atoms with van der Waals surface area (Å²) in [6.45, 7) is 2.12. The first-order valence-electron chi connectivity index (χ1n) is 17.2. The van der Waals surface area contributed by atoms with Crippen molar-refractivity contribution < 1.29 is 24.4 Å². The molecule has 0 radical (unpaired) electrons. The molecule has 8 nitrogen and oxygen atoms in total. The van der Waals surface area contributed by atoms with Gasteiger partial charge in [0, 0.05) is 23.1 Å². The number of allylic oxidation sites excluding steroid dienone is 2. The molecule has 2 amide bonds. The Morgan fingerprint density at radius 3 is 2.41 bits per heavy atom. The van der Waals surface area contributed by atoms with Gasteiger partial charge in [0.25, 0.3) is 0 Å². The molecule has 4 atom stereocenters. The molecule has 3 N–H and O–H groups in total. The van der Waals surface area contributed by atoms with E-state index >= 15 is 0 Å². The quantitative estimate of drug-likeness (QED) is 0.0916. The van der Waals surface area contributed by atoms with Crippen molar-refractivity contribution >= 4 is 47.6 Å². The third kappa shape index (κ3) is 6.69. The fourth-order valence-electron chi connectivity index (χ4n) is 7.85. The Labute approximate surface area is 287 Å². The van der Waals surface area contributed by atoms with Crippen molar-refractivity contribution in [2.24, 2.45) is 17.8 Å². The summed E-state index contributed by atoms with van der Waals surface area (Å²) in [6, 6.07) is 30.2. The van der Waals surface area contributed by atoms with Gasteiger partial charge in [-0.2, -0.15) is 0 Å². The number of amides is 2. The van der Waals surface area contributed by atoms with Crippen LogP contribution in [-0.2, 0) is 14.2 Å². The standard InChI is InChI=1S/C40H40BN3O5/c1-2-10-28-24-32-38(40(47)44(39(32)46)31-19-17-30(18-20-31)43-29-12-4-3-5-13-29)33-25-41(48)49-36(37(28)33)21-16-26(34-14-8-9-22-42-34)23-27-11-6-7-15-35(27)45/h3-9,11-15,17-20,22-23,32-33,36,38,43,45,48H,2,10,16,21,24-25H2,1H3/b26-23-/t32-,33+,36-,38-/m1/s1. The number of nitrogens with one attached hydrogen (secondary N) is 1. The van der Waals surface area contributed by atoms with Crippen LogP contribution in [0.5, 0.6) is 5.75 Å². The van der Waals surface area contributed by atoms with Gasteiger partial charge in [-0.1, -0.05) is 61.4 Å². The van der Waals surface area contributed by atoms with Crippen LogP contribution in [0.15, 0.2) is 114 Å². The van der Waals surface area contributed by atoms with Crippen LogP contribution < -0.4 is 10.2 Å². The highest BCUT2D eigenvalue weighted by Crippen LogP contribution is 2.52. The zero-order chi connectivity index (χ0) is 33.9. The molecule has 0 saturated carbocycles. The molecule has 1 aliphatic carbocycles. The Bertz CT molecular complexity index is 1880. The van der Waals surface area contributed by atoms with E-state index in [9.17, 15) is 19.7 Å². The molecule has 0 bridgehead atoms. The molecule has 0 unspecified atom stereocenters. The number of aromatic hydroxyl groups is 1. The molecule has 9 heteroatoms. The highest BCUT2D eigenvalue weighted by molar-refractivity contribution is 6.43. The number of nitrogens with zero attached hydrogens (tertiary/aromatic N) is 2. The number of aromatic nitrogens is 1. The number of hydrogen-bond donors (Lipinski definition) is 3. The van der Waals surface area contributed by atoms with Crippen molar-refractivity contribution in [1.82, 2.24) is 4.98 Å². The number of phenolic OH excluding ortho intramolecular Hbond substituents is 1. The number of carbonyl (C=O) groups is 2. The fraction of sp³-hybridized carbons (Fsp3) is 0.275. The van der Waals surface area contributed by atoms with Crippen molar-refractivity contribution in [3.63, 3.8) is 0 Å². The third-order valence-electron chi connectivity index (χ3n) is 9.98. The second-order valence-corrected chi connectivity index (χ2v) is 13.1.